The van der Waals surface area contributed by atoms with Gasteiger partial charge in [0.1, 0.15) is 95.9 Å². The van der Waals surface area contributed by atoms with E-state index in [2.05, 4.69) is 75.1 Å². The van der Waals surface area contributed by atoms with E-state index >= 15 is 0 Å². The van der Waals surface area contributed by atoms with Crippen LogP contribution in [0.15, 0.2) is 35.3 Å². The fraction of sp³-hybridized carbons (Fsp3) is 0.614. The summed E-state index contributed by atoms with van der Waals surface area (Å²) in [5.74, 6) is -27.2. The molecule has 0 saturated heterocycles. The van der Waals surface area contributed by atoms with Crippen LogP contribution in [0.3, 0.4) is 0 Å². The molecule has 2 heterocycles. The molecule has 3 rings (SSSR count). The number of nitrogens with one attached hydrogen (secondary N) is 9. The average Bonchev–Trinajstić information content (AvgIpc) is 0.807. The molecule has 0 spiro atoms. The molecule has 0 aliphatic rings. The molecule has 0 bridgehead atoms. The highest BCUT2D eigenvalue weighted by atomic mass is 32.1. The predicted octanol–water partition coefficient (Wildman–Crippen LogP) is -13.1. The number of fused-ring (bicyclic) bond motifs is 1. The van der Waals surface area contributed by atoms with E-state index in [0.717, 1.165) is 0 Å². The van der Waals surface area contributed by atoms with Gasteiger partial charge >= 0.3 is 41.8 Å². The zero-order valence-electron chi connectivity index (χ0n) is 79.6. The SMILES string of the molecule is Nc1nc2ncc(CNc3ccc(C(=O)N[C@H](CCC(=O)C[C@@H](CCC(=O)NC[C@H](O)[C@@H](O)[C@H](O)[C@H](O)CO)C(=O)N[C@H](CCC(=O)O)C(=O)C[C@@H](CCC(=O)NC[C@H](O)[C@@H](O)[C@H](O)[C@H](O)CO)C(=O)N[C@H](CCC(=O)O)C(=O)C[C@@H](CCC(=O)NC[C@H](O)[C@@H](O)[C@H](O)[C@H](O)CO)C(=O)N[C@@H](CS)C(=O)O)C(=O)O)cc3)nc2c(=O)[nH]1.[2H]N[C@H](C=O)CCC(=O)O.[2H]N[C@H](C=O)CCC(=O)O.[2H]N[C@H](C=O)CCC(=O)O. The van der Waals surface area contributed by atoms with Crippen LogP contribution >= 0.6 is 12.6 Å². The molecule has 0 fully saturated rings. The number of aromatic nitrogens is 4. The maximum absolute atomic E-state index is 14.8. The van der Waals surface area contributed by atoms with E-state index in [1.807, 2.05) is 17.2 Å². The number of amides is 7. The predicted molar refractivity (Wildman–Crippen MR) is 487 cm³/mol. The van der Waals surface area contributed by atoms with E-state index < -0.39 is 381 Å². The average molecular weight is 2070 g/mol. The minimum absolute atomic E-state index is 0.0111. The highest BCUT2D eigenvalue weighted by Crippen LogP contribution is 2.24. The fourth-order valence-corrected chi connectivity index (χ4v) is 12.3. The molecule has 59 nitrogen and oxygen atoms in total. The van der Waals surface area contributed by atoms with Crippen LogP contribution in [-0.4, -0.2) is 412 Å². The summed E-state index contributed by atoms with van der Waals surface area (Å²) >= 11 is 3.90. The Morgan fingerprint density at radius 2 is 0.741 bits per heavy atom. The van der Waals surface area contributed by atoms with Crippen molar-refractivity contribution in [2.45, 2.75) is 257 Å². The van der Waals surface area contributed by atoms with Crippen LogP contribution in [0, 0.1) is 17.8 Å². The number of nitrogens with zero attached hydrogens (tertiary/aromatic N) is 3. The normalized spacial score (nSPS) is 16.0. The van der Waals surface area contributed by atoms with Crippen LogP contribution in [0.1, 0.15) is 151 Å². The molecular weight excluding hydrogens is 1940 g/mol. The van der Waals surface area contributed by atoms with Gasteiger partial charge in [-0.15, -0.1) is 0 Å². The zero-order valence-corrected chi connectivity index (χ0v) is 77.5. The number of anilines is 2. The molecule has 0 aliphatic heterocycles. The van der Waals surface area contributed by atoms with Crippen LogP contribution in [0.5, 0.6) is 0 Å². The standard InChI is InChI=1S/C68H101N13O34S.3C5H9NO3/c69-68-80-60-53(65(111)81-68)75-34(21-74-60)20-70-33-6-1-29(2-7-33)61(107)78-38(66(112)113)9-8-35(85)17-30(3-12-48(94)71-22-42(88)54(101)57(104)45(91)25-82)62(108)76-36(10-15-51(97)98)40(86)18-31(4-13-49(95)72-23-43(89)55(102)58(105)46(92)26-83)63(109)77-37(11-16-52(99)100)41(87)19-32(64(110)79-39(28-116)67(114)115)5-14-50(96)73-24-44(90)56(103)59(106)47(93)27-84;3*6-4(3-7)1-2-5(8)9/h1-2,6-7,21,30-32,36-39,42-47,54-59,70,82-84,88-93,101-106,116H,3-5,8-20,22-28H2,(H,71,94)(H,72,95)(H,73,96)(H,76,108)(H,77,109)(H,78,107)(H,79,110)(H,97,98)(H,99,100)(H,112,113)(H,114,115)(H3,69,74,80,81,111);3*3-4H,1-2,6H2,(H,8,9)/t30-,31-,32-,36-,37-,38-,39+,42+,43+,44+,45-,46-,47-,54-,55-,56-,57-,58-,59-;3*4-/m1000/s1/i/hD3. The van der Waals surface area contributed by atoms with Crippen LogP contribution in [-0.2, 0) is 97.6 Å². The number of aldehydes is 3. The number of aliphatic hydroxyl groups is 15. The van der Waals surface area contributed by atoms with E-state index in [1.165, 1.54) is 30.5 Å². The second-order valence-electron chi connectivity index (χ2n) is 32.0. The Kier molecular flexibility index (Phi) is 60.9. The van der Waals surface area contributed by atoms with Crippen LogP contribution < -0.4 is 71.0 Å². The lowest BCUT2D eigenvalue weighted by atomic mass is 9.89. The number of carboxylic acid groups (broad SMARTS) is 7. The third kappa shape index (κ3) is 53.8. The van der Waals surface area contributed by atoms with Gasteiger partial charge in [-0.1, -0.05) is 0 Å². The van der Waals surface area contributed by atoms with E-state index in [9.17, 15) is 193 Å². The van der Waals surface area contributed by atoms with Gasteiger partial charge in [-0.3, -0.25) is 81.7 Å². The van der Waals surface area contributed by atoms with Crippen molar-refractivity contribution in [3.63, 3.8) is 0 Å². The zero-order chi connectivity index (χ0) is 111. The van der Waals surface area contributed by atoms with E-state index in [1.54, 1.807) is 0 Å². The Morgan fingerprint density at radius 3 is 1.06 bits per heavy atom. The molecule has 3 aromatic rings. The molecule has 0 saturated carbocycles. The lowest BCUT2D eigenvalue weighted by Crippen LogP contribution is -2.50. The lowest BCUT2D eigenvalue weighted by molar-refractivity contribution is -0.142. The van der Waals surface area contributed by atoms with Gasteiger partial charge in [0.05, 0.1) is 86.8 Å². The minimum Gasteiger partial charge on any atom is -0.481 e. The van der Waals surface area contributed by atoms with Gasteiger partial charge in [-0.2, -0.15) is 17.6 Å². The second kappa shape index (κ2) is 70.0. The number of nitrogens with two attached hydrogens (primary N) is 4. The number of Topliss-reactive ketones (excluding diaryl/α,β-unsaturated/α-hetero) is 3. The summed E-state index contributed by atoms with van der Waals surface area (Å²) in [5, 5.41) is 231. The number of aliphatic carboxylic acids is 7. The molecule has 7 amide bonds. The third-order valence-electron chi connectivity index (χ3n) is 20.6. The van der Waals surface area contributed by atoms with Crippen molar-refractivity contribution in [3.8, 4) is 0 Å². The van der Waals surface area contributed by atoms with Gasteiger partial charge in [0.15, 0.2) is 22.7 Å². The molecular formula is C83H128N16O43S. The van der Waals surface area contributed by atoms with E-state index in [-0.39, 0.29) is 67.7 Å². The molecule has 0 unspecified atom stereocenters. The monoisotopic (exact) mass is 2070 g/mol. The van der Waals surface area contributed by atoms with Crippen molar-refractivity contribution in [2.24, 2.45) is 34.9 Å². The van der Waals surface area contributed by atoms with Gasteiger partial charge in [-0.25, -0.2) is 19.6 Å². The lowest BCUT2D eigenvalue weighted by Gasteiger charge is -2.26. The molecule has 60 heteroatoms. The van der Waals surface area contributed by atoms with Crippen LogP contribution in [0.2, 0.25) is 4.24 Å². The number of H-pyrrole nitrogens is 1. The molecule has 0 radical (unpaired) electrons. The Balaban J connectivity index is 0.00000599. The third-order valence-corrected chi connectivity index (χ3v) is 20.9. The number of ketones is 3. The van der Waals surface area contributed by atoms with Gasteiger partial charge in [0.25, 0.3) is 11.5 Å². The first-order chi connectivity index (χ1) is 68.7. The van der Waals surface area contributed by atoms with Gasteiger partial charge in [0, 0.05) is 131 Å². The number of hydrogen-bond acceptors (Lipinski definition) is 45. The maximum atomic E-state index is 14.8. The van der Waals surface area contributed by atoms with Crippen molar-refractivity contribution in [2.75, 3.05) is 56.3 Å². The Morgan fingerprint density at radius 1 is 0.413 bits per heavy atom. The summed E-state index contributed by atoms with van der Waals surface area (Å²) in [5.41, 5.74) is 11.2. The van der Waals surface area contributed by atoms with E-state index in [0.29, 0.717) is 30.2 Å². The summed E-state index contributed by atoms with van der Waals surface area (Å²) in [7, 11) is 0. The number of aliphatic hydroxyl groups excluding tert-OH is 15. The molecule has 2 aromatic heterocycles. The molecule has 1 aromatic carbocycles. The number of carboxylic acids is 7. The molecule has 0 aliphatic carbocycles. The fourth-order valence-electron chi connectivity index (χ4n) is 12.1. The van der Waals surface area contributed by atoms with Crippen molar-refractivity contribution in [3.05, 3.63) is 52.1 Å². The number of thiol groups is 1. The maximum Gasteiger partial charge on any atom is 0.327 e. The van der Waals surface area contributed by atoms with Crippen molar-refractivity contribution < 1.29 is 212 Å². The number of benzene rings is 1. The Bertz CT molecular complexity index is 4690. The summed E-state index contributed by atoms with van der Waals surface area (Å²) in [4.78, 5) is 275. The number of carbonyl (C=O) groups excluding carboxylic acids is 13. The summed E-state index contributed by atoms with van der Waals surface area (Å²) in [6.45, 7) is -5.82. The summed E-state index contributed by atoms with van der Waals surface area (Å²) in [6, 6.07) is -4.15. The Labute approximate surface area is 821 Å². The first-order valence-electron chi connectivity index (χ1n) is 45.1. The van der Waals surface area contributed by atoms with E-state index in [4.69, 9.17) is 30.4 Å². The highest BCUT2D eigenvalue weighted by Gasteiger charge is 2.39. The van der Waals surface area contributed by atoms with Gasteiger partial charge in [0.2, 0.25) is 41.4 Å². The van der Waals surface area contributed by atoms with Crippen molar-refractivity contribution in [1.82, 2.24) is 57.2 Å². The number of nitrogen functional groups attached to an aromatic ring is 1. The summed E-state index contributed by atoms with van der Waals surface area (Å²) in [6.07, 6.45) is -34.7. The molecule has 804 valence electrons. The van der Waals surface area contributed by atoms with Gasteiger partial charge < -0.3 is 192 Å². The van der Waals surface area contributed by atoms with Crippen LogP contribution in [0.25, 0.3) is 11.2 Å². The Hall–Kier alpha value is -12.7. The van der Waals surface area contributed by atoms with Gasteiger partial charge in [-0.05, 0) is 82.1 Å². The van der Waals surface area contributed by atoms with Crippen molar-refractivity contribution >= 4 is 155 Å². The first kappa shape index (κ1) is 124. The quantitative estimate of drug-likeness (QED) is 0.0184. The number of carbonyl (C=O) groups is 20. The molecule has 39 N–H and O–H groups in total. The largest absolute Gasteiger partial charge is 0.481 e. The topological polar surface area (TPSA) is 1060 Å². The summed E-state index contributed by atoms with van der Waals surface area (Å²) < 4.78 is 19.6. The number of hydrogen-bond donors (Lipinski definition) is 36. The number of rotatable bonds is 73. The second-order valence-corrected chi connectivity index (χ2v) is 32.4. The minimum atomic E-state index is -2.22. The molecule has 22 atom stereocenters. The number of aromatic amines is 1. The first-order valence-corrected chi connectivity index (χ1v) is 44.3. The highest BCUT2D eigenvalue weighted by molar-refractivity contribution is 7.80. The molecule has 143 heavy (non-hydrogen) atoms. The van der Waals surface area contributed by atoms with Crippen molar-refractivity contribution in [1.29, 1.82) is 0 Å². The van der Waals surface area contributed by atoms with Crippen LogP contribution in [0.4, 0.5) is 11.6 Å². The smallest absolute Gasteiger partial charge is 0.327 e.